The Hall–Kier alpha value is -3.72. The van der Waals surface area contributed by atoms with Crippen molar-refractivity contribution in [3.05, 3.63) is 54.2 Å². The summed E-state index contributed by atoms with van der Waals surface area (Å²) in [5.74, 6) is 0.743. The number of hydrogen-bond donors (Lipinski definition) is 3. The van der Waals surface area contributed by atoms with E-state index in [1.54, 1.807) is 30.5 Å². The van der Waals surface area contributed by atoms with Gasteiger partial charge in [0, 0.05) is 30.1 Å². The second kappa shape index (κ2) is 9.66. The summed E-state index contributed by atoms with van der Waals surface area (Å²) in [6.45, 7) is 1.76. The summed E-state index contributed by atoms with van der Waals surface area (Å²) >= 11 is 0. The highest BCUT2D eigenvalue weighted by Gasteiger charge is 2.14. The number of carbonyl (C=O) groups is 1. The summed E-state index contributed by atoms with van der Waals surface area (Å²) in [7, 11) is 2.80. The van der Waals surface area contributed by atoms with Gasteiger partial charge in [-0.25, -0.2) is 9.78 Å². The van der Waals surface area contributed by atoms with E-state index in [1.165, 1.54) is 14.2 Å². The Morgan fingerprint density at radius 1 is 1.13 bits per heavy atom. The van der Waals surface area contributed by atoms with Gasteiger partial charge in [0.2, 0.25) is 5.95 Å². The Morgan fingerprint density at radius 2 is 1.97 bits per heavy atom. The lowest BCUT2D eigenvalue weighted by Gasteiger charge is -2.15. The number of esters is 1. The molecule has 3 rings (SSSR count). The second-order valence-corrected chi connectivity index (χ2v) is 6.44. The first-order valence-corrected chi connectivity index (χ1v) is 9.25. The summed E-state index contributed by atoms with van der Waals surface area (Å²) < 4.78 is 10.1. The monoisotopic (exact) mass is 409 g/mol. The van der Waals surface area contributed by atoms with Gasteiger partial charge in [0.15, 0.2) is 0 Å². The van der Waals surface area contributed by atoms with E-state index in [0.717, 1.165) is 0 Å². The lowest BCUT2D eigenvalue weighted by atomic mass is 10.1. The van der Waals surface area contributed by atoms with Crippen LogP contribution in [-0.2, 0) is 4.74 Å². The molecule has 1 aromatic carbocycles. The molecule has 0 amide bonds. The fourth-order valence-electron chi connectivity index (χ4n) is 2.68. The molecule has 1 atom stereocenters. The van der Waals surface area contributed by atoms with Crippen LogP contribution >= 0.6 is 0 Å². The van der Waals surface area contributed by atoms with Gasteiger partial charge in [0.05, 0.1) is 32.2 Å². The van der Waals surface area contributed by atoms with Crippen molar-refractivity contribution in [3.63, 3.8) is 0 Å². The number of pyridine rings is 1. The van der Waals surface area contributed by atoms with E-state index in [9.17, 15) is 9.90 Å². The van der Waals surface area contributed by atoms with Crippen molar-refractivity contribution in [3.8, 4) is 17.1 Å². The van der Waals surface area contributed by atoms with E-state index in [0.29, 0.717) is 40.2 Å². The fourth-order valence-corrected chi connectivity index (χ4v) is 2.68. The van der Waals surface area contributed by atoms with Crippen molar-refractivity contribution >= 4 is 23.4 Å². The summed E-state index contributed by atoms with van der Waals surface area (Å²) in [6.07, 6.45) is 1.68. The minimum atomic E-state index is -0.484. The number of aliphatic hydroxyl groups excluding tert-OH is 1. The highest BCUT2D eigenvalue weighted by molar-refractivity contribution is 5.93. The van der Waals surface area contributed by atoms with Crippen LogP contribution in [0.25, 0.3) is 11.4 Å². The van der Waals surface area contributed by atoms with Crippen molar-refractivity contribution in [1.82, 2.24) is 15.0 Å². The van der Waals surface area contributed by atoms with Crippen molar-refractivity contribution in [2.75, 3.05) is 31.5 Å². The normalized spacial score (nSPS) is 11.5. The molecule has 0 saturated carbocycles. The molecule has 3 N–H and O–H groups in total. The van der Waals surface area contributed by atoms with Gasteiger partial charge in [-0.1, -0.05) is 6.07 Å². The molecule has 0 aliphatic heterocycles. The first-order valence-electron chi connectivity index (χ1n) is 9.25. The maximum absolute atomic E-state index is 11.9. The zero-order chi connectivity index (χ0) is 21.5. The molecule has 0 saturated heterocycles. The number of nitrogens with one attached hydrogen (secondary N) is 2. The summed E-state index contributed by atoms with van der Waals surface area (Å²) in [5.41, 5.74) is 2.27. The molecule has 0 radical (unpaired) electrons. The third-order valence-corrected chi connectivity index (χ3v) is 4.18. The maximum atomic E-state index is 11.9. The molecule has 0 spiro atoms. The summed E-state index contributed by atoms with van der Waals surface area (Å²) in [5, 5.41) is 15.6. The molecule has 0 aliphatic carbocycles. The van der Waals surface area contributed by atoms with Crippen molar-refractivity contribution < 1.29 is 19.4 Å². The molecule has 9 heteroatoms. The zero-order valence-electron chi connectivity index (χ0n) is 16.9. The van der Waals surface area contributed by atoms with Gasteiger partial charge < -0.3 is 25.2 Å². The Morgan fingerprint density at radius 3 is 2.63 bits per heavy atom. The first kappa shape index (κ1) is 21.0. The van der Waals surface area contributed by atoms with Gasteiger partial charge in [-0.05, 0) is 31.2 Å². The molecule has 2 heterocycles. The summed E-state index contributed by atoms with van der Waals surface area (Å²) in [6, 6.07) is 12.1. The lowest BCUT2D eigenvalue weighted by molar-refractivity contribution is 0.0597. The number of aliphatic hydroxyl groups is 1. The Bertz CT molecular complexity index is 1010. The standard InChI is InChI=1S/C21H23N5O4/c1-13(12-27)23-21-25-17(16-6-4-5-9-22-16)11-19(26-21)24-14-7-8-15(20(28)30-3)18(10-14)29-2/h4-11,13,27H,12H2,1-3H3,(H2,23,24,25,26)/t13-/m1/s1. The number of aromatic nitrogens is 3. The fraction of sp³-hybridized carbons (Fsp3) is 0.238. The molecule has 0 fully saturated rings. The minimum absolute atomic E-state index is 0.0634. The molecule has 0 bridgehead atoms. The van der Waals surface area contributed by atoms with Crippen molar-refractivity contribution in [2.45, 2.75) is 13.0 Å². The molecular formula is C21H23N5O4. The number of benzene rings is 1. The van der Waals surface area contributed by atoms with Gasteiger partial charge in [0.1, 0.15) is 17.1 Å². The summed E-state index contributed by atoms with van der Waals surface area (Å²) in [4.78, 5) is 25.2. The zero-order valence-corrected chi connectivity index (χ0v) is 16.9. The average Bonchev–Trinajstić information content (AvgIpc) is 2.78. The maximum Gasteiger partial charge on any atom is 0.341 e. The average molecular weight is 409 g/mol. The van der Waals surface area contributed by atoms with Gasteiger partial charge in [-0.15, -0.1) is 0 Å². The van der Waals surface area contributed by atoms with Gasteiger partial charge >= 0.3 is 5.97 Å². The molecule has 0 unspecified atom stereocenters. The quantitative estimate of drug-likeness (QED) is 0.483. The Balaban J connectivity index is 1.96. The lowest BCUT2D eigenvalue weighted by Crippen LogP contribution is -2.21. The van der Waals surface area contributed by atoms with E-state index in [1.807, 2.05) is 25.1 Å². The van der Waals surface area contributed by atoms with Crippen molar-refractivity contribution in [2.24, 2.45) is 0 Å². The molecule has 2 aromatic heterocycles. The number of nitrogens with zero attached hydrogens (tertiary/aromatic N) is 3. The van der Waals surface area contributed by atoms with Crippen LogP contribution in [0.15, 0.2) is 48.7 Å². The topological polar surface area (TPSA) is 118 Å². The van der Waals surface area contributed by atoms with Gasteiger partial charge in [-0.3, -0.25) is 4.98 Å². The van der Waals surface area contributed by atoms with Gasteiger partial charge in [-0.2, -0.15) is 4.98 Å². The predicted octanol–water partition coefficient (Wildman–Crippen LogP) is 2.87. The van der Waals surface area contributed by atoms with E-state index in [2.05, 4.69) is 25.6 Å². The largest absolute Gasteiger partial charge is 0.496 e. The van der Waals surface area contributed by atoms with E-state index >= 15 is 0 Å². The van der Waals surface area contributed by atoms with Crippen LogP contribution in [0.4, 0.5) is 17.5 Å². The Labute approximate surface area is 174 Å². The van der Waals surface area contributed by atoms with Crippen LogP contribution in [0.5, 0.6) is 5.75 Å². The molecule has 9 nitrogen and oxygen atoms in total. The van der Waals surface area contributed by atoms with E-state index in [-0.39, 0.29) is 12.6 Å². The molecule has 3 aromatic rings. The number of anilines is 3. The van der Waals surface area contributed by atoms with Crippen LogP contribution in [-0.4, -0.2) is 52.9 Å². The highest BCUT2D eigenvalue weighted by Crippen LogP contribution is 2.27. The SMILES string of the molecule is COC(=O)c1ccc(Nc2cc(-c3ccccn3)nc(N[C@H](C)CO)n2)cc1OC. The van der Waals surface area contributed by atoms with E-state index < -0.39 is 5.97 Å². The van der Waals surface area contributed by atoms with Crippen LogP contribution in [0, 0.1) is 0 Å². The van der Waals surface area contributed by atoms with Crippen molar-refractivity contribution in [1.29, 1.82) is 0 Å². The smallest absolute Gasteiger partial charge is 0.341 e. The highest BCUT2D eigenvalue weighted by atomic mass is 16.5. The van der Waals surface area contributed by atoms with Crippen LogP contribution in [0.1, 0.15) is 17.3 Å². The molecule has 30 heavy (non-hydrogen) atoms. The number of ether oxygens (including phenoxy) is 2. The van der Waals surface area contributed by atoms with E-state index in [4.69, 9.17) is 9.47 Å². The number of carbonyl (C=O) groups excluding carboxylic acids is 1. The number of hydrogen-bond acceptors (Lipinski definition) is 9. The van der Waals surface area contributed by atoms with Gasteiger partial charge in [0.25, 0.3) is 0 Å². The van der Waals surface area contributed by atoms with Crippen LogP contribution in [0.3, 0.4) is 0 Å². The third-order valence-electron chi connectivity index (χ3n) is 4.18. The molecular weight excluding hydrogens is 386 g/mol. The Kier molecular flexibility index (Phi) is 6.76. The predicted molar refractivity (Wildman–Crippen MR) is 113 cm³/mol. The third kappa shape index (κ3) is 5.00. The number of methoxy groups -OCH3 is 2. The van der Waals surface area contributed by atoms with Crippen LogP contribution < -0.4 is 15.4 Å². The van der Waals surface area contributed by atoms with Crippen LogP contribution in [0.2, 0.25) is 0 Å². The molecule has 0 aliphatic rings. The second-order valence-electron chi connectivity index (χ2n) is 6.44. The molecule has 156 valence electrons. The number of rotatable bonds is 8. The first-order chi connectivity index (χ1) is 14.5. The minimum Gasteiger partial charge on any atom is -0.496 e.